The molecule has 0 saturated carbocycles. The van der Waals surface area contributed by atoms with Crippen LogP contribution >= 0.6 is 0 Å². The Kier molecular flexibility index (Phi) is 4.98. The summed E-state index contributed by atoms with van der Waals surface area (Å²) >= 11 is 0. The first-order valence-electron chi connectivity index (χ1n) is 8.42. The quantitative estimate of drug-likeness (QED) is 0.608. The average molecular weight is 347 g/mol. The van der Waals surface area contributed by atoms with Crippen molar-refractivity contribution in [1.29, 1.82) is 0 Å². The highest BCUT2D eigenvalue weighted by Crippen LogP contribution is 2.21. The Balaban J connectivity index is 1.62. The van der Waals surface area contributed by atoms with Gasteiger partial charge in [-0.15, -0.1) is 0 Å². The van der Waals surface area contributed by atoms with Crippen molar-refractivity contribution in [3.05, 3.63) is 39.4 Å². The lowest BCUT2D eigenvalue weighted by Gasteiger charge is -2.35. The molecule has 0 N–H and O–H groups in total. The van der Waals surface area contributed by atoms with E-state index in [0.717, 1.165) is 12.8 Å². The normalized spacial score (nSPS) is 20.6. The highest BCUT2D eigenvalue weighted by molar-refractivity contribution is 5.95. The van der Waals surface area contributed by atoms with Gasteiger partial charge in [0.1, 0.15) is 6.10 Å². The molecule has 2 fully saturated rings. The van der Waals surface area contributed by atoms with Gasteiger partial charge in [-0.1, -0.05) is 6.07 Å². The molecule has 1 aromatic rings. The van der Waals surface area contributed by atoms with Gasteiger partial charge in [0.05, 0.1) is 4.92 Å². The summed E-state index contributed by atoms with van der Waals surface area (Å²) in [5.41, 5.74) is 0.766. The number of piperazine rings is 1. The molecule has 25 heavy (non-hydrogen) atoms. The molecule has 3 rings (SSSR count). The van der Waals surface area contributed by atoms with E-state index >= 15 is 0 Å². The van der Waals surface area contributed by atoms with Gasteiger partial charge in [-0.2, -0.15) is 0 Å². The number of hydrogen-bond acceptors (Lipinski definition) is 5. The lowest BCUT2D eigenvalue weighted by molar-refractivity contribution is -0.385. The summed E-state index contributed by atoms with van der Waals surface area (Å²) in [5, 5.41) is 11.0. The van der Waals surface area contributed by atoms with Gasteiger partial charge < -0.3 is 14.5 Å². The van der Waals surface area contributed by atoms with Gasteiger partial charge in [0, 0.05) is 50.0 Å². The van der Waals surface area contributed by atoms with Crippen molar-refractivity contribution in [3.63, 3.8) is 0 Å². The first kappa shape index (κ1) is 17.3. The molecular weight excluding hydrogens is 326 g/mol. The molecule has 0 spiro atoms. The number of nitro groups is 1. The molecule has 134 valence electrons. The Labute approximate surface area is 145 Å². The van der Waals surface area contributed by atoms with Crippen LogP contribution in [0, 0.1) is 17.0 Å². The number of benzene rings is 1. The second-order valence-electron chi connectivity index (χ2n) is 6.38. The molecule has 8 heteroatoms. The summed E-state index contributed by atoms with van der Waals surface area (Å²) in [6.07, 6.45) is 1.31. The maximum absolute atomic E-state index is 12.6. The van der Waals surface area contributed by atoms with Gasteiger partial charge >= 0.3 is 0 Å². The molecule has 2 saturated heterocycles. The van der Waals surface area contributed by atoms with Crippen LogP contribution in [0.2, 0.25) is 0 Å². The molecule has 0 aliphatic carbocycles. The van der Waals surface area contributed by atoms with E-state index in [9.17, 15) is 19.7 Å². The van der Waals surface area contributed by atoms with Crippen molar-refractivity contribution >= 4 is 17.5 Å². The molecule has 2 amide bonds. The maximum atomic E-state index is 12.6. The number of hydrogen-bond donors (Lipinski definition) is 0. The monoisotopic (exact) mass is 347 g/mol. The number of carbonyl (C=O) groups is 2. The van der Waals surface area contributed by atoms with Crippen molar-refractivity contribution in [1.82, 2.24) is 9.80 Å². The standard InChI is InChI=1S/C17H21N3O5/c1-12-4-5-13(11-14(12)20(23)24)16(21)18-6-8-19(9-7-18)17(22)15-3-2-10-25-15/h4-5,11,15H,2-3,6-10H2,1H3. The Morgan fingerprint density at radius 1 is 1.20 bits per heavy atom. The van der Waals surface area contributed by atoms with Gasteiger partial charge in [-0.25, -0.2) is 0 Å². The number of rotatable bonds is 3. The Hall–Kier alpha value is -2.48. The second kappa shape index (κ2) is 7.18. The van der Waals surface area contributed by atoms with E-state index in [-0.39, 0.29) is 23.6 Å². The predicted octanol–water partition coefficient (Wildman–Crippen LogP) is 1.37. The number of ether oxygens (including phenoxy) is 1. The van der Waals surface area contributed by atoms with Crippen LogP contribution in [0.3, 0.4) is 0 Å². The lowest BCUT2D eigenvalue weighted by atomic mass is 10.1. The molecular formula is C17H21N3O5. The maximum Gasteiger partial charge on any atom is 0.273 e. The highest BCUT2D eigenvalue weighted by Gasteiger charge is 2.31. The molecule has 0 aromatic heterocycles. The first-order chi connectivity index (χ1) is 12.0. The molecule has 1 aromatic carbocycles. The summed E-state index contributed by atoms with van der Waals surface area (Å²) in [7, 11) is 0. The van der Waals surface area contributed by atoms with Crippen LogP contribution in [0.15, 0.2) is 18.2 Å². The summed E-state index contributed by atoms with van der Waals surface area (Å²) in [6.45, 7) is 4.01. The van der Waals surface area contributed by atoms with E-state index in [4.69, 9.17) is 4.74 Å². The molecule has 0 radical (unpaired) electrons. The van der Waals surface area contributed by atoms with Crippen LogP contribution in [0.1, 0.15) is 28.8 Å². The minimum Gasteiger partial charge on any atom is -0.368 e. The number of nitrogens with zero attached hydrogens (tertiary/aromatic N) is 3. The summed E-state index contributed by atoms with van der Waals surface area (Å²) in [5.74, 6) is -0.247. The van der Waals surface area contributed by atoms with Crippen molar-refractivity contribution in [2.24, 2.45) is 0 Å². The van der Waals surface area contributed by atoms with Gasteiger partial charge in [-0.05, 0) is 25.8 Å². The Bertz CT molecular complexity index is 692. The van der Waals surface area contributed by atoms with Crippen LogP contribution in [0.5, 0.6) is 0 Å². The second-order valence-corrected chi connectivity index (χ2v) is 6.38. The minimum absolute atomic E-state index is 0.00410. The zero-order valence-electron chi connectivity index (χ0n) is 14.1. The van der Waals surface area contributed by atoms with Crippen LogP contribution in [-0.4, -0.2) is 65.4 Å². The molecule has 2 aliphatic rings. The third-order valence-electron chi connectivity index (χ3n) is 4.74. The van der Waals surface area contributed by atoms with Crippen molar-refractivity contribution < 1.29 is 19.2 Å². The molecule has 2 aliphatic heterocycles. The largest absolute Gasteiger partial charge is 0.368 e. The molecule has 0 bridgehead atoms. The van der Waals surface area contributed by atoms with Gasteiger partial charge in [0.2, 0.25) is 0 Å². The van der Waals surface area contributed by atoms with E-state index in [2.05, 4.69) is 0 Å². The fourth-order valence-corrected chi connectivity index (χ4v) is 3.23. The SMILES string of the molecule is Cc1ccc(C(=O)N2CCN(C(=O)C3CCCO3)CC2)cc1[N+](=O)[O-]. The zero-order chi connectivity index (χ0) is 18.0. The zero-order valence-corrected chi connectivity index (χ0v) is 14.1. The van der Waals surface area contributed by atoms with Crippen molar-refractivity contribution in [2.75, 3.05) is 32.8 Å². The van der Waals surface area contributed by atoms with Crippen LogP contribution in [0.4, 0.5) is 5.69 Å². The smallest absolute Gasteiger partial charge is 0.273 e. The fraction of sp³-hybridized carbons (Fsp3) is 0.529. The van der Waals surface area contributed by atoms with Gasteiger partial charge in [0.25, 0.3) is 17.5 Å². The Morgan fingerprint density at radius 3 is 2.48 bits per heavy atom. The first-order valence-corrected chi connectivity index (χ1v) is 8.42. The van der Waals surface area contributed by atoms with E-state index in [1.807, 2.05) is 0 Å². The highest BCUT2D eigenvalue weighted by atomic mass is 16.6. The van der Waals surface area contributed by atoms with Crippen LogP contribution in [-0.2, 0) is 9.53 Å². The van der Waals surface area contributed by atoms with Gasteiger partial charge in [0.15, 0.2) is 0 Å². The van der Waals surface area contributed by atoms with E-state index in [0.29, 0.717) is 43.9 Å². The van der Waals surface area contributed by atoms with Crippen LogP contribution < -0.4 is 0 Å². The lowest BCUT2D eigenvalue weighted by Crippen LogP contribution is -2.52. The summed E-state index contributed by atoms with van der Waals surface area (Å²) in [4.78, 5) is 38.8. The molecule has 1 atom stereocenters. The predicted molar refractivity (Wildman–Crippen MR) is 89.3 cm³/mol. The Morgan fingerprint density at radius 2 is 1.88 bits per heavy atom. The van der Waals surface area contributed by atoms with E-state index in [1.165, 1.54) is 6.07 Å². The number of carbonyl (C=O) groups excluding carboxylic acids is 2. The number of amides is 2. The molecule has 2 heterocycles. The number of nitro benzene ring substituents is 1. The van der Waals surface area contributed by atoms with Gasteiger partial charge in [-0.3, -0.25) is 19.7 Å². The fourth-order valence-electron chi connectivity index (χ4n) is 3.23. The third kappa shape index (κ3) is 3.63. The van der Waals surface area contributed by atoms with Crippen molar-refractivity contribution in [2.45, 2.75) is 25.9 Å². The average Bonchev–Trinajstić information content (AvgIpc) is 3.15. The molecule has 8 nitrogen and oxygen atoms in total. The molecule has 1 unspecified atom stereocenters. The minimum atomic E-state index is -0.482. The number of aryl methyl sites for hydroxylation is 1. The van der Waals surface area contributed by atoms with Crippen LogP contribution in [0.25, 0.3) is 0 Å². The van der Waals surface area contributed by atoms with E-state index in [1.54, 1.807) is 28.9 Å². The van der Waals surface area contributed by atoms with Crippen molar-refractivity contribution in [3.8, 4) is 0 Å². The van der Waals surface area contributed by atoms with E-state index < -0.39 is 4.92 Å². The summed E-state index contributed by atoms with van der Waals surface area (Å²) < 4.78 is 5.42. The topological polar surface area (TPSA) is 93.0 Å². The third-order valence-corrected chi connectivity index (χ3v) is 4.74. The summed E-state index contributed by atoms with van der Waals surface area (Å²) in [6, 6.07) is 4.51.